The predicted molar refractivity (Wildman–Crippen MR) is 93.7 cm³/mol. The van der Waals surface area contributed by atoms with Crippen molar-refractivity contribution in [2.45, 2.75) is 0 Å². The molecule has 1 aromatic carbocycles. The summed E-state index contributed by atoms with van der Waals surface area (Å²) in [5, 5.41) is 0. The average Bonchev–Trinajstić information content (AvgIpc) is 2.62. The second kappa shape index (κ2) is 5.85. The lowest BCUT2D eigenvalue weighted by Crippen LogP contribution is -1.97. The molecule has 4 rings (SSSR count). The highest BCUT2D eigenvalue weighted by atomic mass is 79.9. The topological polar surface area (TPSA) is 51.6 Å². The number of benzene rings is 1. The third kappa shape index (κ3) is 2.71. The van der Waals surface area contributed by atoms with E-state index in [9.17, 15) is 0 Å². The van der Waals surface area contributed by atoms with E-state index in [1.165, 1.54) is 0 Å². The third-order valence-corrected chi connectivity index (χ3v) is 3.96. The summed E-state index contributed by atoms with van der Waals surface area (Å²) in [5.74, 6) is 0. The van der Waals surface area contributed by atoms with Crippen molar-refractivity contribution in [3.05, 3.63) is 71.6 Å². The van der Waals surface area contributed by atoms with Gasteiger partial charge in [-0.2, -0.15) is 0 Å². The second-order valence-corrected chi connectivity index (χ2v) is 5.93. The van der Waals surface area contributed by atoms with Crippen LogP contribution in [-0.4, -0.2) is 19.9 Å². The number of hydrogen-bond acceptors (Lipinski definition) is 4. The predicted octanol–water partition coefficient (Wildman–Crippen LogP) is 4.52. The Hall–Kier alpha value is -2.66. The van der Waals surface area contributed by atoms with Gasteiger partial charge in [0.05, 0.1) is 16.7 Å². The van der Waals surface area contributed by atoms with E-state index < -0.39 is 0 Å². The molecule has 0 aliphatic heterocycles. The minimum absolute atomic E-state index is 0.754. The van der Waals surface area contributed by atoms with Crippen molar-refractivity contribution in [1.82, 2.24) is 19.9 Å². The quantitative estimate of drug-likeness (QED) is 0.526. The Labute approximate surface area is 141 Å². The molecule has 110 valence electrons. The summed E-state index contributed by atoms with van der Waals surface area (Å²) in [5.41, 5.74) is 4.92. The Bertz CT molecular complexity index is 972. The van der Waals surface area contributed by atoms with Gasteiger partial charge >= 0.3 is 0 Å². The molecule has 0 spiro atoms. The maximum absolute atomic E-state index is 4.80. The normalized spacial score (nSPS) is 10.8. The van der Waals surface area contributed by atoms with Gasteiger partial charge in [-0.25, -0.2) is 9.97 Å². The van der Waals surface area contributed by atoms with E-state index >= 15 is 0 Å². The molecule has 0 bridgehead atoms. The highest BCUT2D eigenvalue weighted by molar-refractivity contribution is 9.10. The maximum atomic E-state index is 4.80. The zero-order chi connectivity index (χ0) is 15.6. The Balaban J connectivity index is 2.04. The first kappa shape index (κ1) is 14.0. The van der Waals surface area contributed by atoms with E-state index in [-0.39, 0.29) is 0 Å². The fraction of sp³-hybridized carbons (Fsp3) is 0. The summed E-state index contributed by atoms with van der Waals surface area (Å²) in [6.45, 7) is 0. The number of halogens is 1. The molecule has 0 N–H and O–H groups in total. The molecule has 0 radical (unpaired) electrons. The zero-order valence-electron chi connectivity index (χ0n) is 12.0. The van der Waals surface area contributed by atoms with Gasteiger partial charge in [0.1, 0.15) is 11.4 Å². The van der Waals surface area contributed by atoms with Crippen LogP contribution in [0.15, 0.2) is 71.6 Å². The fourth-order valence-electron chi connectivity index (χ4n) is 2.41. The first-order valence-corrected chi connectivity index (χ1v) is 7.90. The van der Waals surface area contributed by atoms with Crippen LogP contribution < -0.4 is 0 Å². The van der Waals surface area contributed by atoms with Crippen LogP contribution >= 0.6 is 15.9 Å². The number of aromatic nitrogens is 4. The molecule has 23 heavy (non-hydrogen) atoms. The van der Waals surface area contributed by atoms with Gasteiger partial charge in [-0.1, -0.05) is 22.0 Å². The van der Waals surface area contributed by atoms with Gasteiger partial charge in [-0.3, -0.25) is 9.97 Å². The Morgan fingerprint density at radius 3 is 2.48 bits per heavy atom. The van der Waals surface area contributed by atoms with E-state index in [1.54, 1.807) is 18.6 Å². The molecule has 0 atom stereocenters. The van der Waals surface area contributed by atoms with Crippen LogP contribution in [0.5, 0.6) is 0 Å². The first-order valence-electron chi connectivity index (χ1n) is 7.10. The lowest BCUT2D eigenvalue weighted by molar-refractivity contribution is 1.22. The molecule has 0 unspecified atom stereocenters. The molecule has 0 fully saturated rings. The van der Waals surface area contributed by atoms with E-state index in [4.69, 9.17) is 9.97 Å². The molecule has 0 saturated heterocycles. The van der Waals surface area contributed by atoms with Crippen LogP contribution in [-0.2, 0) is 0 Å². The SMILES string of the molecule is Brc1ccc2nc(-c3cccnc3)c(-c3ccccn3)nc2c1. The molecule has 3 aromatic heterocycles. The van der Waals surface area contributed by atoms with Crippen molar-refractivity contribution in [1.29, 1.82) is 0 Å². The van der Waals surface area contributed by atoms with Crippen LogP contribution in [0.3, 0.4) is 0 Å². The molecular formula is C18H11BrN4. The van der Waals surface area contributed by atoms with Gasteiger partial charge in [-0.05, 0) is 42.5 Å². The largest absolute Gasteiger partial charge is 0.264 e. The third-order valence-electron chi connectivity index (χ3n) is 3.47. The van der Waals surface area contributed by atoms with Crippen LogP contribution in [0, 0.1) is 0 Å². The summed E-state index contributed by atoms with van der Waals surface area (Å²) in [6.07, 6.45) is 5.30. The maximum Gasteiger partial charge on any atom is 0.116 e. The molecule has 4 aromatic rings. The minimum Gasteiger partial charge on any atom is -0.264 e. The zero-order valence-corrected chi connectivity index (χ0v) is 13.6. The van der Waals surface area contributed by atoms with Crippen molar-refractivity contribution in [2.75, 3.05) is 0 Å². The van der Waals surface area contributed by atoms with E-state index in [0.717, 1.165) is 38.2 Å². The van der Waals surface area contributed by atoms with E-state index in [0.29, 0.717) is 0 Å². The van der Waals surface area contributed by atoms with Crippen molar-refractivity contribution in [3.63, 3.8) is 0 Å². The molecule has 0 amide bonds. The number of nitrogens with zero attached hydrogens (tertiary/aromatic N) is 4. The summed E-state index contributed by atoms with van der Waals surface area (Å²) < 4.78 is 0.973. The summed E-state index contributed by atoms with van der Waals surface area (Å²) >= 11 is 3.48. The van der Waals surface area contributed by atoms with Gasteiger partial charge < -0.3 is 0 Å². The molecule has 3 heterocycles. The van der Waals surface area contributed by atoms with Crippen LogP contribution in [0.2, 0.25) is 0 Å². The highest BCUT2D eigenvalue weighted by Gasteiger charge is 2.14. The lowest BCUT2D eigenvalue weighted by atomic mass is 10.1. The number of hydrogen-bond donors (Lipinski definition) is 0. The molecule has 0 saturated carbocycles. The Morgan fingerprint density at radius 1 is 0.783 bits per heavy atom. The molecule has 4 nitrogen and oxygen atoms in total. The Kier molecular flexibility index (Phi) is 3.55. The van der Waals surface area contributed by atoms with Gasteiger partial charge in [0.25, 0.3) is 0 Å². The van der Waals surface area contributed by atoms with Crippen LogP contribution in [0.1, 0.15) is 0 Å². The first-order chi connectivity index (χ1) is 11.3. The Morgan fingerprint density at radius 2 is 1.70 bits per heavy atom. The van der Waals surface area contributed by atoms with Crippen LogP contribution in [0.25, 0.3) is 33.7 Å². The summed E-state index contributed by atoms with van der Waals surface area (Å²) in [6, 6.07) is 15.5. The van der Waals surface area contributed by atoms with Gasteiger partial charge in [0.15, 0.2) is 0 Å². The fourth-order valence-corrected chi connectivity index (χ4v) is 2.76. The van der Waals surface area contributed by atoms with E-state index in [2.05, 4.69) is 25.9 Å². The standard InChI is InChI=1S/C18H11BrN4/c19-13-6-7-14-16(10-13)23-18(15-5-1-2-9-21-15)17(22-14)12-4-3-8-20-11-12/h1-11H. The van der Waals surface area contributed by atoms with Crippen molar-refractivity contribution < 1.29 is 0 Å². The summed E-state index contributed by atoms with van der Waals surface area (Å²) in [7, 11) is 0. The second-order valence-electron chi connectivity index (χ2n) is 5.01. The van der Waals surface area contributed by atoms with E-state index in [1.807, 2.05) is 48.5 Å². The molecule has 5 heteroatoms. The lowest BCUT2D eigenvalue weighted by Gasteiger charge is -2.09. The van der Waals surface area contributed by atoms with Gasteiger partial charge in [0.2, 0.25) is 0 Å². The average molecular weight is 363 g/mol. The van der Waals surface area contributed by atoms with Crippen molar-refractivity contribution >= 4 is 27.0 Å². The number of pyridine rings is 2. The monoisotopic (exact) mass is 362 g/mol. The van der Waals surface area contributed by atoms with Crippen molar-refractivity contribution in [2.24, 2.45) is 0 Å². The number of fused-ring (bicyclic) bond motifs is 1. The minimum atomic E-state index is 0.754. The molecule has 0 aliphatic carbocycles. The molecule has 0 aliphatic rings. The smallest absolute Gasteiger partial charge is 0.116 e. The van der Waals surface area contributed by atoms with Crippen LogP contribution in [0.4, 0.5) is 0 Å². The number of rotatable bonds is 2. The van der Waals surface area contributed by atoms with Crippen molar-refractivity contribution in [3.8, 4) is 22.6 Å². The van der Waals surface area contributed by atoms with Gasteiger partial charge in [0, 0.05) is 28.6 Å². The molecular weight excluding hydrogens is 352 g/mol. The van der Waals surface area contributed by atoms with Gasteiger partial charge in [-0.15, -0.1) is 0 Å². The highest BCUT2D eigenvalue weighted by Crippen LogP contribution is 2.30. The summed E-state index contributed by atoms with van der Waals surface area (Å²) in [4.78, 5) is 18.2.